The van der Waals surface area contributed by atoms with Gasteiger partial charge in [-0.25, -0.2) is 0 Å². The molecule has 0 aliphatic heterocycles. The molecule has 0 saturated heterocycles. The molecule has 1 aromatic rings. The van der Waals surface area contributed by atoms with Crippen LogP contribution in [-0.4, -0.2) is 46.7 Å². The van der Waals surface area contributed by atoms with E-state index in [4.69, 9.17) is 16.3 Å². The van der Waals surface area contributed by atoms with E-state index in [2.05, 4.69) is 28.1 Å². The van der Waals surface area contributed by atoms with Gasteiger partial charge >= 0.3 is 6.01 Å². The molecule has 0 aromatic carbocycles. The number of hydrogen-bond donors (Lipinski definition) is 0. The number of anilines is 1. The third-order valence-corrected chi connectivity index (χ3v) is 3.38. The fourth-order valence-electron chi connectivity index (χ4n) is 1.35. The molecular formula is C11H19ClN4OS. The molecule has 0 amide bonds. The van der Waals surface area contributed by atoms with Crippen LogP contribution >= 0.6 is 23.4 Å². The maximum Gasteiger partial charge on any atom is 0.322 e. The molecule has 0 radical (unpaired) electrons. The maximum absolute atomic E-state index is 5.87. The molecule has 0 saturated carbocycles. The number of rotatable bonds is 7. The fourth-order valence-corrected chi connectivity index (χ4v) is 2.08. The molecule has 7 heteroatoms. The van der Waals surface area contributed by atoms with E-state index in [1.54, 1.807) is 0 Å². The van der Waals surface area contributed by atoms with Crippen molar-refractivity contribution < 1.29 is 4.74 Å². The Morgan fingerprint density at radius 2 is 2.11 bits per heavy atom. The van der Waals surface area contributed by atoms with Crippen LogP contribution in [0.3, 0.4) is 0 Å². The highest BCUT2D eigenvalue weighted by Gasteiger charge is 2.15. The van der Waals surface area contributed by atoms with Gasteiger partial charge in [0.25, 0.3) is 0 Å². The first-order valence-corrected chi connectivity index (χ1v) is 7.61. The molecular weight excluding hydrogens is 272 g/mol. The van der Waals surface area contributed by atoms with Gasteiger partial charge in [-0.15, -0.1) is 0 Å². The summed E-state index contributed by atoms with van der Waals surface area (Å²) >= 11 is 7.69. The van der Waals surface area contributed by atoms with Gasteiger partial charge in [0.2, 0.25) is 11.2 Å². The predicted molar refractivity (Wildman–Crippen MR) is 76.9 cm³/mol. The predicted octanol–water partition coefficient (Wildman–Crippen LogP) is 2.50. The van der Waals surface area contributed by atoms with Crippen molar-refractivity contribution in [2.45, 2.75) is 26.3 Å². The molecule has 0 bridgehead atoms. The first kappa shape index (κ1) is 15.3. The van der Waals surface area contributed by atoms with E-state index >= 15 is 0 Å². The molecule has 0 spiro atoms. The minimum Gasteiger partial charge on any atom is -0.464 e. The molecule has 0 aliphatic rings. The van der Waals surface area contributed by atoms with Gasteiger partial charge in [0, 0.05) is 13.1 Å². The van der Waals surface area contributed by atoms with Crippen molar-refractivity contribution in [3.05, 3.63) is 5.28 Å². The second-order valence-corrected chi connectivity index (χ2v) is 5.19. The third kappa shape index (κ3) is 4.49. The highest BCUT2D eigenvalue weighted by molar-refractivity contribution is 7.98. The van der Waals surface area contributed by atoms with Crippen LogP contribution in [0, 0.1) is 0 Å². The zero-order valence-electron chi connectivity index (χ0n) is 11.2. The Balaban J connectivity index is 2.80. The molecule has 0 fully saturated rings. The van der Waals surface area contributed by atoms with Gasteiger partial charge in [-0.3, -0.25) is 0 Å². The Bertz CT molecular complexity index is 380. The van der Waals surface area contributed by atoms with Crippen LogP contribution < -0.4 is 9.64 Å². The van der Waals surface area contributed by atoms with Gasteiger partial charge in [-0.1, -0.05) is 0 Å². The quantitative estimate of drug-likeness (QED) is 0.769. The van der Waals surface area contributed by atoms with Gasteiger partial charge in [0.15, 0.2) is 0 Å². The summed E-state index contributed by atoms with van der Waals surface area (Å²) in [6, 6.07) is 0.613. The van der Waals surface area contributed by atoms with E-state index < -0.39 is 0 Å². The van der Waals surface area contributed by atoms with Crippen molar-refractivity contribution in [3.8, 4) is 6.01 Å². The van der Waals surface area contributed by atoms with Crippen LogP contribution in [0.4, 0.5) is 5.95 Å². The molecule has 1 heterocycles. The lowest BCUT2D eigenvalue weighted by molar-refractivity contribution is 0.311. The lowest BCUT2D eigenvalue weighted by atomic mass is 10.2. The summed E-state index contributed by atoms with van der Waals surface area (Å²) < 4.78 is 5.26. The Morgan fingerprint density at radius 1 is 1.39 bits per heavy atom. The van der Waals surface area contributed by atoms with Crippen LogP contribution in [0.2, 0.25) is 5.28 Å². The van der Waals surface area contributed by atoms with E-state index in [1.165, 1.54) is 0 Å². The SMILES string of the molecule is CCOc1nc(Cl)nc(N(C)C(C)CCSC)n1. The van der Waals surface area contributed by atoms with Crippen molar-refractivity contribution in [1.29, 1.82) is 0 Å². The molecule has 5 nitrogen and oxygen atoms in total. The normalized spacial score (nSPS) is 12.3. The smallest absolute Gasteiger partial charge is 0.322 e. The maximum atomic E-state index is 5.87. The fraction of sp³-hybridized carbons (Fsp3) is 0.727. The largest absolute Gasteiger partial charge is 0.464 e. The highest BCUT2D eigenvalue weighted by Crippen LogP contribution is 2.17. The second-order valence-electron chi connectivity index (χ2n) is 3.86. The van der Waals surface area contributed by atoms with Gasteiger partial charge in [-0.05, 0) is 43.9 Å². The number of thioether (sulfide) groups is 1. The number of ether oxygens (including phenoxy) is 1. The standard InChI is InChI=1S/C11H19ClN4OS/c1-5-17-11-14-9(12)13-10(15-11)16(3)8(2)6-7-18-4/h8H,5-7H2,1-4H3. The minimum atomic E-state index is 0.160. The zero-order valence-corrected chi connectivity index (χ0v) is 12.8. The molecule has 1 aromatic heterocycles. The molecule has 1 rings (SSSR count). The number of hydrogen-bond acceptors (Lipinski definition) is 6. The van der Waals surface area contributed by atoms with Gasteiger partial charge in [0.05, 0.1) is 6.61 Å². The summed E-state index contributed by atoms with van der Waals surface area (Å²) in [6.07, 6.45) is 3.16. The Hall–Kier alpha value is -0.750. The molecule has 0 N–H and O–H groups in total. The summed E-state index contributed by atoms with van der Waals surface area (Å²) in [4.78, 5) is 14.3. The average Bonchev–Trinajstić information content (AvgIpc) is 2.34. The number of nitrogens with zero attached hydrogens (tertiary/aromatic N) is 4. The zero-order chi connectivity index (χ0) is 13.5. The first-order chi connectivity index (χ1) is 8.58. The van der Waals surface area contributed by atoms with E-state index in [1.807, 2.05) is 30.6 Å². The number of halogens is 1. The summed E-state index contributed by atoms with van der Waals surface area (Å²) in [7, 11) is 1.95. The van der Waals surface area contributed by atoms with Gasteiger partial charge in [-0.2, -0.15) is 26.7 Å². The van der Waals surface area contributed by atoms with Crippen molar-refractivity contribution >= 4 is 29.3 Å². The van der Waals surface area contributed by atoms with Crippen molar-refractivity contribution in [3.63, 3.8) is 0 Å². The summed E-state index contributed by atoms with van der Waals surface area (Å²) in [5, 5.41) is 0.160. The van der Waals surface area contributed by atoms with Crippen LogP contribution in [0.15, 0.2) is 0 Å². The van der Waals surface area contributed by atoms with Gasteiger partial charge < -0.3 is 9.64 Å². The molecule has 102 valence electrons. The van der Waals surface area contributed by atoms with Crippen LogP contribution in [0.25, 0.3) is 0 Å². The van der Waals surface area contributed by atoms with Gasteiger partial charge in [0.1, 0.15) is 0 Å². The first-order valence-electron chi connectivity index (χ1n) is 5.84. The van der Waals surface area contributed by atoms with Crippen molar-refractivity contribution in [1.82, 2.24) is 15.0 Å². The van der Waals surface area contributed by atoms with E-state index in [0.717, 1.165) is 12.2 Å². The van der Waals surface area contributed by atoms with Crippen molar-refractivity contribution in [2.75, 3.05) is 30.6 Å². The van der Waals surface area contributed by atoms with Crippen LogP contribution in [0.1, 0.15) is 20.3 Å². The third-order valence-electron chi connectivity index (χ3n) is 2.57. The lowest BCUT2D eigenvalue weighted by Crippen LogP contribution is -2.31. The Kier molecular flexibility index (Phi) is 6.49. The van der Waals surface area contributed by atoms with E-state index in [-0.39, 0.29) is 11.3 Å². The van der Waals surface area contributed by atoms with E-state index in [0.29, 0.717) is 18.6 Å². The summed E-state index contributed by atoms with van der Waals surface area (Å²) in [6.45, 7) is 4.52. The van der Waals surface area contributed by atoms with Crippen LogP contribution in [0.5, 0.6) is 6.01 Å². The topological polar surface area (TPSA) is 51.1 Å². The van der Waals surface area contributed by atoms with Crippen LogP contribution in [-0.2, 0) is 0 Å². The molecule has 1 unspecified atom stereocenters. The summed E-state index contributed by atoms with van der Waals surface area (Å²) in [5.74, 6) is 1.65. The second kappa shape index (κ2) is 7.63. The monoisotopic (exact) mass is 290 g/mol. The Labute approximate surface area is 117 Å². The van der Waals surface area contributed by atoms with E-state index in [9.17, 15) is 0 Å². The summed E-state index contributed by atoms with van der Waals surface area (Å²) in [5.41, 5.74) is 0. The number of aromatic nitrogens is 3. The Morgan fingerprint density at radius 3 is 2.72 bits per heavy atom. The lowest BCUT2D eigenvalue weighted by Gasteiger charge is -2.24. The molecule has 0 aliphatic carbocycles. The highest BCUT2D eigenvalue weighted by atomic mass is 35.5. The minimum absolute atomic E-state index is 0.160. The molecule has 18 heavy (non-hydrogen) atoms. The average molecular weight is 291 g/mol. The molecule has 1 atom stereocenters. The van der Waals surface area contributed by atoms with Crippen molar-refractivity contribution in [2.24, 2.45) is 0 Å².